The Morgan fingerprint density at radius 2 is 2.11 bits per heavy atom. The van der Waals surface area contributed by atoms with E-state index in [0.717, 1.165) is 18.2 Å². The minimum absolute atomic E-state index is 0.0128. The van der Waals surface area contributed by atoms with Crippen LogP contribution >= 0.6 is 0 Å². The quantitative estimate of drug-likeness (QED) is 0.625. The normalized spacial score (nSPS) is 12.4. The summed E-state index contributed by atoms with van der Waals surface area (Å²) in [5.41, 5.74) is 0.141. The maximum absolute atomic E-state index is 13.5. The lowest BCUT2D eigenvalue weighted by atomic mass is 10.0. The van der Waals surface area contributed by atoms with Crippen LogP contribution < -0.4 is 5.32 Å². The maximum atomic E-state index is 13.5. The van der Waals surface area contributed by atoms with Gasteiger partial charge >= 0.3 is 5.97 Å². The second-order valence-electron chi connectivity index (χ2n) is 4.27. The Morgan fingerprint density at radius 3 is 2.74 bits per heavy atom. The molecule has 4 nitrogen and oxygen atoms in total. The fourth-order valence-electron chi connectivity index (χ4n) is 1.78. The van der Waals surface area contributed by atoms with Crippen LogP contribution in [0, 0.1) is 11.6 Å². The molecule has 1 aromatic carbocycles. The number of carbonyl (C=O) groups is 1. The van der Waals surface area contributed by atoms with Gasteiger partial charge in [-0.3, -0.25) is 4.79 Å². The van der Waals surface area contributed by atoms with E-state index in [1.54, 1.807) is 0 Å². The number of aliphatic carboxylic acids is 1. The number of benzene rings is 1. The number of halogens is 2. The van der Waals surface area contributed by atoms with Gasteiger partial charge in [-0.05, 0) is 43.1 Å². The van der Waals surface area contributed by atoms with Gasteiger partial charge in [-0.15, -0.1) is 0 Å². The van der Waals surface area contributed by atoms with E-state index < -0.39 is 23.6 Å². The van der Waals surface area contributed by atoms with E-state index in [1.165, 1.54) is 0 Å². The summed E-state index contributed by atoms with van der Waals surface area (Å²) in [5, 5.41) is 20.4. The van der Waals surface area contributed by atoms with E-state index in [1.807, 2.05) is 0 Å². The fraction of sp³-hybridized carbons (Fsp3) is 0.462. The van der Waals surface area contributed by atoms with Gasteiger partial charge in [-0.25, -0.2) is 8.78 Å². The van der Waals surface area contributed by atoms with Crippen LogP contribution in [-0.2, 0) is 11.2 Å². The zero-order valence-electron chi connectivity index (χ0n) is 10.4. The number of aliphatic hydroxyl groups is 1. The van der Waals surface area contributed by atoms with Crippen molar-refractivity contribution in [2.45, 2.75) is 25.3 Å². The van der Waals surface area contributed by atoms with Gasteiger partial charge in [0.05, 0.1) is 6.42 Å². The second-order valence-corrected chi connectivity index (χ2v) is 4.27. The van der Waals surface area contributed by atoms with Gasteiger partial charge in [0.1, 0.15) is 11.6 Å². The van der Waals surface area contributed by atoms with Crippen LogP contribution in [0.4, 0.5) is 8.78 Å². The Morgan fingerprint density at radius 1 is 1.37 bits per heavy atom. The molecule has 0 radical (unpaired) electrons. The van der Waals surface area contributed by atoms with Gasteiger partial charge in [0.2, 0.25) is 0 Å². The molecule has 0 amide bonds. The van der Waals surface area contributed by atoms with Crippen molar-refractivity contribution < 1.29 is 23.8 Å². The summed E-state index contributed by atoms with van der Waals surface area (Å²) >= 11 is 0. The van der Waals surface area contributed by atoms with Crippen molar-refractivity contribution in [2.24, 2.45) is 0 Å². The molecule has 1 atom stereocenters. The van der Waals surface area contributed by atoms with Crippen LogP contribution in [0.2, 0.25) is 0 Å². The van der Waals surface area contributed by atoms with Crippen molar-refractivity contribution in [3.05, 3.63) is 35.4 Å². The van der Waals surface area contributed by atoms with E-state index in [-0.39, 0.29) is 25.0 Å². The predicted octanol–water partition coefficient (Wildman–Crippen LogP) is 1.32. The molecule has 0 fully saturated rings. The molecule has 1 unspecified atom stereocenters. The molecule has 0 aliphatic carbocycles. The Hall–Kier alpha value is -1.53. The number of carboxylic acids is 1. The standard InChI is InChI=1S/C13H17F2NO3/c14-10-2-3-12(15)9(6-10)7-11(8-13(18)19)16-4-1-5-17/h2-3,6,11,16-17H,1,4-5,7-8H2,(H,18,19). The number of hydrogen-bond donors (Lipinski definition) is 3. The fourth-order valence-corrected chi connectivity index (χ4v) is 1.78. The molecular weight excluding hydrogens is 256 g/mol. The number of aliphatic hydroxyl groups excluding tert-OH is 1. The molecule has 1 rings (SSSR count). The van der Waals surface area contributed by atoms with Crippen molar-refractivity contribution in [3.8, 4) is 0 Å². The average molecular weight is 273 g/mol. The van der Waals surface area contributed by atoms with E-state index in [4.69, 9.17) is 10.2 Å². The van der Waals surface area contributed by atoms with E-state index >= 15 is 0 Å². The van der Waals surface area contributed by atoms with Crippen LogP contribution in [0.1, 0.15) is 18.4 Å². The number of nitrogens with one attached hydrogen (secondary N) is 1. The highest BCUT2D eigenvalue weighted by Crippen LogP contribution is 2.13. The Kier molecular flexibility index (Phi) is 6.38. The highest BCUT2D eigenvalue weighted by molar-refractivity contribution is 5.67. The summed E-state index contributed by atoms with van der Waals surface area (Å²) in [6.07, 6.45) is 0.366. The monoisotopic (exact) mass is 273 g/mol. The van der Waals surface area contributed by atoms with Gasteiger partial charge in [0, 0.05) is 12.6 Å². The van der Waals surface area contributed by atoms with Crippen LogP contribution in [0.5, 0.6) is 0 Å². The molecule has 0 heterocycles. The number of carboxylic acid groups (broad SMARTS) is 1. The molecule has 3 N–H and O–H groups in total. The SMILES string of the molecule is O=C(O)CC(Cc1cc(F)ccc1F)NCCCO. The largest absolute Gasteiger partial charge is 0.481 e. The third-order valence-corrected chi connectivity index (χ3v) is 2.66. The topological polar surface area (TPSA) is 69.6 Å². The minimum Gasteiger partial charge on any atom is -0.481 e. The van der Waals surface area contributed by atoms with Crippen LogP contribution in [0.25, 0.3) is 0 Å². The molecule has 0 saturated carbocycles. The van der Waals surface area contributed by atoms with Crippen LogP contribution in [0.15, 0.2) is 18.2 Å². The first kappa shape index (κ1) is 15.5. The summed E-state index contributed by atoms with van der Waals surface area (Å²) in [7, 11) is 0. The molecule has 0 aromatic heterocycles. The zero-order valence-corrected chi connectivity index (χ0v) is 10.4. The van der Waals surface area contributed by atoms with E-state index in [0.29, 0.717) is 13.0 Å². The second kappa shape index (κ2) is 7.81. The maximum Gasteiger partial charge on any atom is 0.304 e. The molecule has 1 aromatic rings. The zero-order chi connectivity index (χ0) is 14.3. The summed E-state index contributed by atoms with van der Waals surface area (Å²) in [5.74, 6) is -2.13. The Balaban J connectivity index is 2.69. The summed E-state index contributed by atoms with van der Waals surface area (Å²) in [4.78, 5) is 10.7. The average Bonchev–Trinajstić information content (AvgIpc) is 2.33. The third kappa shape index (κ3) is 5.76. The minimum atomic E-state index is -1.02. The Bertz CT molecular complexity index is 426. The van der Waals surface area contributed by atoms with Crippen LogP contribution in [-0.4, -0.2) is 35.4 Å². The van der Waals surface area contributed by atoms with Crippen molar-refractivity contribution in [2.75, 3.05) is 13.2 Å². The van der Waals surface area contributed by atoms with Gasteiger partial charge < -0.3 is 15.5 Å². The summed E-state index contributed by atoms with van der Waals surface area (Å²) < 4.78 is 26.5. The first-order chi connectivity index (χ1) is 9.02. The van der Waals surface area contributed by atoms with Crippen molar-refractivity contribution in [3.63, 3.8) is 0 Å². The molecule has 19 heavy (non-hydrogen) atoms. The van der Waals surface area contributed by atoms with Gasteiger partial charge in [-0.2, -0.15) is 0 Å². The highest BCUT2D eigenvalue weighted by Gasteiger charge is 2.15. The van der Waals surface area contributed by atoms with Gasteiger partial charge in [0.15, 0.2) is 0 Å². The van der Waals surface area contributed by atoms with Crippen molar-refractivity contribution in [1.29, 1.82) is 0 Å². The summed E-state index contributed by atoms with van der Waals surface area (Å²) in [6, 6.07) is 2.61. The summed E-state index contributed by atoms with van der Waals surface area (Å²) in [6.45, 7) is 0.409. The first-order valence-corrected chi connectivity index (χ1v) is 6.03. The molecular formula is C13H17F2NO3. The number of hydrogen-bond acceptors (Lipinski definition) is 3. The third-order valence-electron chi connectivity index (χ3n) is 2.66. The smallest absolute Gasteiger partial charge is 0.304 e. The molecule has 0 aliphatic heterocycles. The molecule has 0 spiro atoms. The molecule has 0 bridgehead atoms. The van der Waals surface area contributed by atoms with E-state index in [9.17, 15) is 13.6 Å². The molecule has 0 saturated heterocycles. The van der Waals surface area contributed by atoms with E-state index in [2.05, 4.69) is 5.32 Å². The molecule has 0 aliphatic rings. The van der Waals surface area contributed by atoms with Gasteiger partial charge in [0.25, 0.3) is 0 Å². The van der Waals surface area contributed by atoms with Gasteiger partial charge in [-0.1, -0.05) is 0 Å². The lowest BCUT2D eigenvalue weighted by Gasteiger charge is -2.17. The Labute approximate surface area is 110 Å². The lowest BCUT2D eigenvalue weighted by molar-refractivity contribution is -0.137. The van der Waals surface area contributed by atoms with Crippen molar-refractivity contribution in [1.82, 2.24) is 5.32 Å². The molecule has 6 heteroatoms. The van der Waals surface area contributed by atoms with Crippen LogP contribution in [0.3, 0.4) is 0 Å². The lowest BCUT2D eigenvalue weighted by Crippen LogP contribution is -2.34. The molecule has 106 valence electrons. The number of rotatable bonds is 8. The predicted molar refractivity (Wildman–Crippen MR) is 65.8 cm³/mol. The first-order valence-electron chi connectivity index (χ1n) is 6.03. The van der Waals surface area contributed by atoms with Crippen molar-refractivity contribution >= 4 is 5.97 Å². The highest BCUT2D eigenvalue weighted by atomic mass is 19.1.